The summed E-state index contributed by atoms with van der Waals surface area (Å²) in [5.41, 5.74) is 0. The molecule has 1 saturated heterocycles. The van der Waals surface area contributed by atoms with Gasteiger partial charge < -0.3 is 14.8 Å². The van der Waals surface area contributed by atoms with Gasteiger partial charge in [-0.2, -0.15) is 11.8 Å². The summed E-state index contributed by atoms with van der Waals surface area (Å²) >= 11 is 1.96. The van der Waals surface area contributed by atoms with Crippen LogP contribution in [0.15, 0.2) is 18.7 Å². The van der Waals surface area contributed by atoms with Crippen LogP contribution >= 0.6 is 11.8 Å². The Morgan fingerprint density at radius 2 is 2.10 bits per heavy atom. The highest BCUT2D eigenvalue weighted by Crippen LogP contribution is 2.24. The van der Waals surface area contributed by atoms with Crippen molar-refractivity contribution in [3.63, 3.8) is 0 Å². The fraction of sp³-hybridized carbons (Fsp3) is 0.714. The molecule has 2 amide bonds. The lowest BCUT2D eigenvalue weighted by Crippen LogP contribution is -2.48. The van der Waals surface area contributed by atoms with E-state index in [1.807, 2.05) is 29.2 Å². The fourth-order valence-corrected chi connectivity index (χ4v) is 3.81. The van der Waals surface area contributed by atoms with Gasteiger partial charge in [0.1, 0.15) is 0 Å². The maximum Gasteiger partial charge on any atom is 0.317 e. The van der Waals surface area contributed by atoms with E-state index in [9.17, 15) is 4.79 Å². The molecule has 0 bridgehead atoms. The fourth-order valence-electron chi connectivity index (χ4n) is 2.49. The summed E-state index contributed by atoms with van der Waals surface area (Å²) in [6.07, 6.45) is 7.63. The van der Waals surface area contributed by atoms with Gasteiger partial charge >= 0.3 is 6.03 Å². The van der Waals surface area contributed by atoms with E-state index in [0.29, 0.717) is 10.5 Å². The first-order valence-corrected chi connectivity index (χ1v) is 8.23. The van der Waals surface area contributed by atoms with E-state index < -0.39 is 0 Å². The molecule has 2 heterocycles. The zero-order valence-electron chi connectivity index (χ0n) is 12.3. The predicted molar refractivity (Wildman–Crippen MR) is 82.9 cm³/mol. The Balaban J connectivity index is 1.60. The highest BCUT2D eigenvalue weighted by molar-refractivity contribution is 8.00. The summed E-state index contributed by atoms with van der Waals surface area (Å²) in [5.74, 6) is 0. The second-order valence-electron chi connectivity index (χ2n) is 5.40. The predicted octanol–water partition coefficient (Wildman–Crippen LogP) is 2.20. The molecule has 1 aliphatic heterocycles. The van der Waals surface area contributed by atoms with Gasteiger partial charge in [-0.25, -0.2) is 9.78 Å². The number of amides is 2. The van der Waals surface area contributed by atoms with Crippen LogP contribution < -0.4 is 5.32 Å². The summed E-state index contributed by atoms with van der Waals surface area (Å²) in [7, 11) is 0. The van der Waals surface area contributed by atoms with Crippen LogP contribution in [0.5, 0.6) is 0 Å². The average molecular weight is 296 g/mol. The van der Waals surface area contributed by atoms with Crippen LogP contribution in [0.1, 0.15) is 26.7 Å². The van der Waals surface area contributed by atoms with Gasteiger partial charge in [0.25, 0.3) is 0 Å². The van der Waals surface area contributed by atoms with E-state index in [1.165, 1.54) is 0 Å². The minimum Gasteiger partial charge on any atom is -0.338 e. The number of thioether (sulfide) groups is 1. The number of aryl methyl sites for hydroxylation is 1. The smallest absolute Gasteiger partial charge is 0.317 e. The van der Waals surface area contributed by atoms with Crippen molar-refractivity contribution in [2.45, 2.75) is 43.7 Å². The third kappa shape index (κ3) is 4.74. The highest BCUT2D eigenvalue weighted by atomic mass is 32.2. The summed E-state index contributed by atoms with van der Waals surface area (Å²) in [6, 6.07) is 0.0895. The summed E-state index contributed by atoms with van der Waals surface area (Å²) in [4.78, 5) is 18.0. The molecule has 2 unspecified atom stereocenters. The van der Waals surface area contributed by atoms with Gasteiger partial charge in [0, 0.05) is 49.1 Å². The highest BCUT2D eigenvalue weighted by Gasteiger charge is 2.25. The number of carbonyl (C=O) groups excluding carboxylic acids is 1. The van der Waals surface area contributed by atoms with Crippen LogP contribution in [0.2, 0.25) is 0 Å². The number of carbonyl (C=O) groups is 1. The minimum atomic E-state index is 0.0895. The van der Waals surface area contributed by atoms with Crippen molar-refractivity contribution < 1.29 is 4.79 Å². The largest absolute Gasteiger partial charge is 0.338 e. The SMILES string of the molecule is CC1CN(C(=O)NCCCCn2ccnc2)CC(C)S1. The van der Waals surface area contributed by atoms with E-state index in [4.69, 9.17) is 0 Å². The number of unbranched alkanes of at least 4 members (excludes halogenated alkanes) is 1. The van der Waals surface area contributed by atoms with Crippen molar-refractivity contribution in [3.8, 4) is 0 Å². The maximum absolute atomic E-state index is 12.1. The number of rotatable bonds is 5. The molecule has 1 N–H and O–H groups in total. The number of aromatic nitrogens is 2. The lowest BCUT2D eigenvalue weighted by atomic mass is 10.3. The molecule has 1 aromatic rings. The molecule has 0 aromatic carbocycles. The normalized spacial score (nSPS) is 22.8. The Labute approximate surface area is 125 Å². The summed E-state index contributed by atoms with van der Waals surface area (Å²) in [5, 5.41) is 4.09. The molecular formula is C14H24N4OS. The van der Waals surface area contributed by atoms with E-state index in [-0.39, 0.29) is 6.03 Å². The van der Waals surface area contributed by atoms with Crippen LogP contribution in [-0.4, -0.2) is 50.6 Å². The number of imidazole rings is 1. The first kappa shape index (κ1) is 15.2. The van der Waals surface area contributed by atoms with Crippen molar-refractivity contribution >= 4 is 17.8 Å². The summed E-state index contributed by atoms with van der Waals surface area (Å²) < 4.78 is 2.06. The van der Waals surface area contributed by atoms with E-state index in [0.717, 1.165) is 39.0 Å². The second kappa shape index (κ2) is 7.57. The van der Waals surface area contributed by atoms with Crippen LogP contribution in [0.4, 0.5) is 4.79 Å². The van der Waals surface area contributed by atoms with E-state index in [1.54, 1.807) is 6.20 Å². The van der Waals surface area contributed by atoms with Gasteiger partial charge in [0.2, 0.25) is 0 Å². The maximum atomic E-state index is 12.1. The molecule has 2 rings (SSSR count). The summed E-state index contributed by atoms with van der Waals surface area (Å²) in [6.45, 7) is 7.80. The third-order valence-electron chi connectivity index (χ3n) is 3.39. The Morgan fingerprint density at radius 3 is 2.75 bits per heavy atom. The standard InChI is InChI=1S/C14H24N4OS/c1-12-9-18(10-13(2)20-12)14(19)16-5-3-4-7-17-8-6-15-11-17/h6,8,11-13H,3-5,7,9-10H2,1-2H3,(H,16,19). The van der Waals surface area contributed by atoms with Crippen LogP contribution in [0.25, 0.3) is 0 Å². The van der Waals surface area contributed by atoms with Gasteiger partial charge in [0.15, 0.2) is 0 Å². The lowest BCUT2D eigenvalue weighted by molar-refractivity contribution is 0.197. The average Bonchev–Trinajstić information content (AvgIpc) is 2.90. The monoisotopic (exact) mass is 296 g/mol. The molecular weight excluding hydrogens is 272 g/mol. The second-order valence-corrected chi connectivity index (χ2v) is 7.28. The number of nitrogens with one attached hydrogen (secondary N) is 1. The van der Waals surface area contributed by atoms with Crippen molar-refractivity contribution in [2.75, 3.05) is 19.6 Å². The Kier molecular flexibility index (Phi) is 5.76. The Hall–Kier alpha value is -1.17. The molecule has 112 valence electrons. The first-order valence-electron chi connectivity index (χ1n) is 7.29. The molecule has 0 radical (unpaired) electrons. The van der Waals surface area contributed by atoms with Gasteiger partial charge in [-0.15, -0.1) is 0 Å². The zero-order valence-corrected chi connectivity index (χ0v) is 13.1. The van der Waals surface area contributed by atoms with Crippen LogP contribution in [-0.2, 0) is 6.54 Å². The van der Waals surface area contributed by atoms with Gasteiger partial charge in [-0.3, -0.25) is 0 Å². The Bertz CT molecular complexity index is 399. The van der Waals surface area contributed by atoms with Crippen LogP contribution in [0, 0.1) is 0 Å². The zero-order chi connectivity index (χ0) is 14.4. The number of nitrogens with zero attached hydrogens (tertiary/aromatic N) is 3. The number of hydrogen-bond donors (Lipinski definition) is 1. The molecule has 2 atom stereocenters. The number of urea groups is 1. The van der Waals surface area contributed by atoms with Crippen molar-refractivity contribution in [1.82, 2.24) is 19.8 Å². The topological polar surface area (TPSA) is 50.2 Å². The van der Waals surface area contributed by atoms with Gasteiger partial charge in [-0.1, -0.05) is 13.8 Å². The molecule has 1 fully saturated rings. The Morgan fingerprint density at radius 1 is 1.35 bits per heavy atom. The molecule has 0 spiro atoms. The van der Waals surface area contributed by atoms with Crippen LogP contribution in [0.3, 0.4) is 0 Å². The lowest BCUT2D eigenvalue weighted by Gasteiger charge is -2.34. The minimum absolute atomic E-state index is 0.0895. The molecule has 1 aliphatic rings. The number of hydrogen-bond acceptors (Lipinski definition) is 3. The molecule has 1 aromatic heterocycles. The quantitative estimate of drug-likeness (QED) is 0.848. The third-order valence-corrected chi connectivity index (χ3v) is 4.61. The van der Waals surface area contributed by atoms with Gasteiger partial charge in [-0.05, 0) is 12.8 Å². The first-order chi connectivity index (χ1) is 9.65. The van der Waals surface area contributed by atoms with Gasteiger partial charge in [0.05, 0.1) is 6.33 Å². The van der Waals surface area contributed by atoms with Crippen molar-refractivity contribution in [1.29, 1.82) is 0 Å². The molecule has 0 aliphatic carbocycles. The van der Waals surface area contributed by atoms with E-state index in [2.05, 4.69) is 28.7 Å². The molecule has 20 heavy (non-hydrogen) atoms. The molecule has 5 nitrogen and oxygen atoms in total. The molecule has 6 heteroatoms. The van der Waals surface area contributed by atoms with Crippen molar-refractivity contribution in [2.24, 2.45) is 0 Å². The van der Waals surface area contributed by atoms with E-state index >= 15 is 0 Å². The molecule has 0 saturated carbocycles. The van der Waals surface area contributed by atoms with Crippen molar-refractivity contribution in [3.05, 3.63) is 18.7 Å².